The number of imide groups is 1. The molecule has 1 heterocycles. The molecule has 2 aromatic rings. The van der Waals surface area contributed by atoms with E-state index in [1.807, 2.05) is 0 Å². The number of rotatable bonds is 11. The Hall–Kier alpha value is -2.05. The number of nitrogens with one attached hydrogen (secondary N) is 1. The third-order valence-electron chi connectivity index (χ3n) is 7.05. The summed E-state index contributed by atoms with van der Waals surface area (Å²) in [4.78, 5) is 22.8. The van der Waals surface area contributed by atoms with Gasteiger partial charge in [0.25, 0.3) is 5.24 Å². The van der Waals surface area contributed by atoms with Crippen LogP contribution >= 0.6 is 11.8 Å². The predicted octanol–water partition coefficient (Wildman–Crippen LogP) is 7.31. The van der Waals surface area contributed by atoms with Crippen molar-refractivity contribution >= 4 is 31.2 Å². The Morgan fingerprint density at radius 1 is 0.882 bits per heavy atom. The van der Waals surface area contributed by atoms with Gasteiger partial charge in [-0.1, -0.05) is 87.8 Å². The second kappa shape index (κ2) is 11.6. The first-order valence-electron chi connectivity index (χ1n) is 12.4. The minimum absolute atomic E-state index is 0.125. The van der Waals surface area contributed by atoms with Gasteiger partial charge in [-0.15, -0.1) is 0 Å². The number of hydrogen-bond donors (Lipinski definition) is 1. The van der Waals surface area contributed by atoms with E-state index in [1.54, 1.807) is 0 Å². The van der Waals surface area contributed by atoms with Crippen LogP contribution in [0.15, 0.2) is 48.5 Å². The van der Waals surface area contributed by atoms with Gasteiger partial charge in [-0.3, -0.25) is 14.9 Å². The average molecular weight is 498 g/mol. The van der Waals surface area contributed by atoms with Crippen molar-refractivity contribution in [2.24, 2.45) is 0 Å². The van der Waals surface area contributed by atoms with Crippen LogP contribution in [0.3, 0.4) is 0 Å². The van der Waals surface area contributed by atoms with Crippen molar-refractivity contribution in [3.63, 3.8) is 0 Å². The highest BCUT2D eigenvalue weighted by atomic mass is 32.2. The maximum atomic E-state index is 11.6. The number of amides is 2. The summed E-state index contributed by atoms with van der Waals surface area (Å²) in [5.41, 5.74) is 3.99. The van der Waals surface area contributed by atoms with E-state index in [0.717, 1.165) is 62.5 Å². The van der Waals surface area contributed by atoms with Gasteiger partial charge in [0, 0.05) is 0 Å². The van der Waals surface area contributed by atoms with Gasteiger partial charge in [0.05, 0.1) is 5.25 Å². The molecule has 34 heavy (non-hydrogen) atoms. The molecule has 0 saturated carbocycles. The zero-order valence-corrected chi connectivity index (χ0v) is 23.1. The SMILES string of the molecule is CC(C)(C)[Si](C)(C)Oc1ccccc1CCc1ccc(CCCCCC2SC(=O)NC2=O)cc1. The molecule has 0 aliphatic carbocycles. The number of unbranched alkanes of at least 4 members (excludes halogenated alkanes) is 2. The summed E-state index contributed by atoms with van der Waals surface area (Å²) in [7, 11) is -1.86. The van der Waals surface area contributed by atoms with Crippen molar-refractivity contribution in [2.75, 3.05) is 0 Å². The lowest BCUT2D eigenvalue weighted by Gasteiger charge is -2.37. The van der Waals surface area contributed by atoms with Crippen molar-refractivity contribution in [1.29, 1.82) is 0 Å². The van der Waals surface area contributed by atoms with Crippen LogP contribution < -0.4 is 9.74 Å². The molecule has 6 heteroatoms. The molecule has 1 fully saturated rings. The van der Waals surface area contributed by atoms with Crippen LogP contribution in [0.4, 0.5) is 4.79 Å². The second-order valence-electron chi connectivity index (χ2n) is 10.8. The molecule has 1 atom stereocenters. The summed E-state index contributed by atoms with van der Waals surface area (Å²) in [6, 6.07) is 17.5. The van der Waals surface area contributed by atoms with Crippen molar-refractivity contribution in [3.8, 4) is 5.75 Å². The highest BCUT2D eigenvalue weighted by Gasteiger charge is 2.39. The van der Waals surface area contributed by atoms with Crippen molar-refractivity contribution in [2.45, 2.75) is 89.1 Å². The van der Waals surface area contributed by atoms with Gasteiger partial charge in [0.2, 0.25) is 14.2 Å². The molecule has 1 aliphatic rings. The van der Waals surface area contributed by atoms with Crippen LogP contribution in [0.25, 0.3) is 0 Å². The standard InChI is InChI=1S/C28H39NO3SSi/c1-28(2,3)34(4,5)32-24-13-10-9-12-23(24)20-19-22-17-15-21(16-18-22)11-7-6-8-14-25-26(30)29-27(31)33-25/h9-10,12-13,15-18,25H,6-8,11,14,19-20H2,1-5H3,(H,29,30,31). The summed E-state index contributed by atoms with van der Waals surface area (Å²) >= 11 is 1.13. The molecule has 2 aromatic carbocycles. The van der Waals surface area contributed by atoms with E-state index in [-0.39, 0.29) is 21.4 Å². The number of carbonyl (C=O) groups excluding carboxylic acids is 2. The van der Waals surface area contributed by atoms with Crippen molar-refractivity contribution in [3.05, 3.63) is 65.2 Å². The lowest BCUT2D eigenvalue weighted by atomic mass is 10.0. The van der Waals surface area contributed by atoms with Gasteiger partial charge in [0.1, 0.15) is 5.75 Å². The lowest BCUT2D eigenvalue weighted by molar-refractivity contribution is -0.119. The highest BCUT2D eigenvalue weighted by Crippen LogP contribution is 2.38. The second-order valence-corrected chi connectivity index (χ2v) is 16.7. The van der Waals surface area contributed by atoms with E-state index in [2.05, 4.69) is 87.7 Å². The van der Waals surface area contributed by atoms with Crippen LogP contribution in [0.5, 0.6) is 5.75 Å². The van der Waals surface area contributed by atoms with E-state index >= 15 is 0 Å². The molecule has 184 valence electrons. The summed E-state index contributed by atoms with van der Waals surface area (Å²) in [6.07, 6.45) is 6.95. The number of hydrogen-bond acceptors (Lipinski definition) is 4. The molecule has 2 amide bonds. The number of para-hydroxylation sites is 1. The monoisotopic (exact) mass is 497 g/mol. The lowest BCUT2D eigenvalue weighted by Crippen LogP contribution is -2.44. The van der Waals surface area contributed by atoms with E-state index in [9.17, 15) is 9.59 Å². The largest absolute Gasteiger partial charge is 0.543 e. The fourth-order valence-electron chi connectivity index (χ4n) is 3.81. The summed E-state index contributed by atoms with van der Waals surface area (Å²) < 4.78 is 6.61. The van der Waals surface area contributed by atoms with Gasteiger partial charge < -0.3 is 4.43 Å². The number of carbonyl (C=O) groups is 2. The first-order chi connectivity index (χ1) is 16.0. The Labute approximate surface area is 210 Å². The zero-order chi connectivity index (χ0) is 24.8. The molecule has 4 nitrogen and oxygen atoms in total. The highest BCUT2D eigenvalue weighted by molar-refractivity contribution is 8.15. The molecular weight excluding hydrogens is 458 g/mol. The fraction of sp³-hybridized carbons (Fsp3) is 0.500. The van der Waals surface area contributed by atoms with E-state index in [4.69, 9.17) is 4.43 Å². The Balaban J connectivity index is 1.44. The fourth-order valence-corrected chi connectivity index (χ4v) is 5.73. The van der Waals surface area contributed by atoms with Crippen LogP contribution in [0, 0.1) is 0 Å². The molecule has 1 unspecified atom stereocenters. The van der Waals surface area contributed by atoms with Gasteiger partial charge >= 0.3 is 0 Å². The third-order valence-corrected chi connectivity index (χ3v) is 12.4. The smallest absolute Gasteiger partial charge is 0.286 e. The Morgan fingerprint density at radius 2 is 1.53 bits per heavy atom. The Kier molecular flexibility index (Phi) is 9.05. The molecular formula is C28H39NO3SSi. The van der Waals surface area contributed by atoms with Gasteiger partial charge in [-0.05, 0) is 73.0 Å². The molecule has 1 saturated heterocycles. The first kappa shape index (κ1) is 26.5. The van der Waals surface area contributed by atoms with Crippen molar-refractivity contribution in [1.82, 2.24) is 5.32 Å². The number of thioether (sulfide) groups is 1. The molecule has 1 aliphatic heterocycles. The Morgan fingerprint density at radius 3 is 2.15 bits per heavy atom. The molecule has 1 N–H and O–H groups in total. The summed E-state index contributed by atoms with van der Waals surface area (Å²) in [5, 5.41) is 2.14. The predicted molar refractivity (Wildman–Crippen MR) is 145 cm³/mol. The maximum Gasteiger partial charge on any atom is 0.286 e. The van der Waals surface area contributed by atoms with Crippen LogP contribution in [-0.2, 0) is 24.1 Å². The summed E-state index contributed by atoms with van der Waals surface area (Å²) in [6.45, 7) is 11.4. The van der Waals surface area contributed by atoms with E-state index < -0.39 is 8.32 Å². The normalized spacial score (nSPS) is 16.6. The molecule has 0 spiro atoms. The molecule has 0 aromatic heterocycles. The van der Waals surface area contributed by atoms with Crippen LogP contribution in [0.1, 0.15) is 63.1 Å². The van der Waals surface area contributed by atoms with Crippen LogP contribution in [0.2, 0.25) is 18.1 Å². The average Bonchev–Trinajstić information content (AvgIpc) is 3.09. The topological polar surface area (TPSA) is 55.4 Å². The maximum absolute atomic E-state index is 11.6. The van der Waals surface area contributed by atoms with Gasteiger partial charge in [-0.2, -0.15) is 0 Å². The van der Waals surface area contributed by atoms with Crippen LogP contribution in [-0.4, -0.2) is 24.7 Å². The minimum Gasteiger partial charge on any atom is -0.543 e. The third kappa shape index (κ3) is 7.47. The minimum atomic E-state index is -1.86. The van der Waals surface area contributed by atoms with E-state index in [1.165, 1.54) is 16.7 Å². The number of aryl methyl sites for hydroxylation is 3. The van der Waals surface area contributed by atoms with Gasteiger partial charge in [0.15, 0.2) is 0 Å². The molecule has 0 bridgehead atoms. The number of benzene rings is 2. The Bertz CT molecular complexity index is 982. The van der Waals surface area contributed by atoms with Gasteiger partial charge in [-0.25, -0.2) is 0 Å². The van der Waals surface area contributed by atoms with E-state index in [0.29, 0.717) is 0 Å². The van der Waals surface area contributed by atoms with Crippen molar-refractivity contribution < 1.29 is 14.0 Å². The first-order valence-corrected chi connectivity index (χ1v) is 16.2. The molecule has 0 radical (unpaired) electrons. The molecule has 3 rings (SSSR count). The zero-order valence-electron chi connectivity index (χ0n) is 21.3. The quantitative estimate of drug-likeness (QED) is 0.261. The summed E-state index contributed by atoms with van der Waals surface area (Å²) in [5.74, 6) is 0.920.